The number of ether oxygens (including phenoxy) is 1. The van der Waals surface area contributed by atoms with Gasteiger partial charge < -0.3 is 10.1 Å². The van der Waals surface area contributed by atoms with Crippen molar-refractivity contribution >= 4 is 27.8 Å². The van der Waals surface area contributed by atoms with Crippen LogP contribution in [-0.2, 0) is 14.3 Å². The maximum Gasteiger partial charge on any atom is 0.320 e. The normalized spacial score (nSPS) is 12.6. The van der Waals surface area contributed by atoms with E-state index in [1.54, 1.807) is 11.9 Å². The highest BCUT2D eigenvalue weighted by molar-refractivity contribution is 9.10. The Kier molecular flexibility index (Phi) is 8.16. The van der Waals surface area contributed by atoms with Gasteiger partial charge in [0.25, 0.3) is 0 Å². The van der Waals surface area contributed by atoms with Crippen molar-refractivity contribution in [2.45, 2.75) is 18.7 Å². The molecular weight excluding hydrogens is 288 g/mol. The smallest absolute Gasteiger partial charge is 0.320 e. The van der Waals surface area contributed by atoms with Crippen LogP contribution in [0.4, 0.5) is 0 Å². The summed E-state index contributed by atoms with van der Waals surface area (Å²) in [6.45, 7) is 5.44. The summed E-state index contributed by atoms with van der Waals surface area (Å²) >= 11 is 3.21. The van der Waals surface area contributed by atoms with Gasteiger partial charge in [0.2, 0.25) is 5.91 Å². The van der Waals surface area contributed by atoms with E-state index in [1.807, 2.05) is 13.8 Å². The number of methoxy groups -OCH3 is 1. The van der Waals surface area contributed by atoms with Crippen LogP contribution in [0.3, 0.4) is 0 Å². The summed E-state index contributed by atoms with van der Waals surface area (Å²) in [5.41, 5.74) is 0. The summed E-state index contributed by atoms with van der Waals surface area (Å²) in [5.74, 6) is 0.0634. The molecule has 1 unspecified atom stereocenters. The number of halogens is 1. The van der Waals surface area contributed by atoms with Gasteiger partial charge >= 0.3 is 5.97 Å². The third kappa shape index (κ3) is 8.15. The van der Waals surface area contributed by atoms with Crippen LogP contribution in [0.2, 0.25) is 0 Å². The lowest BCUT2D eigenvalue weighted by atomic mass is 10.2. The molecule has 0 aromatic heterocycles. The molecule has 1 atom stereocenters. The zero-order chi connectivity index (χ0) is 13.4. The highest BCUT2D eigenvalue weighted by Crippen LogP contribution is 2.03. The highest BCUT2D eigenvalue weighted by atomic mass is 79.9. The Balaban J connectivity index is 3.88. The largest absolute Gasteiger partial charge is 0.468 e. The minimum Gasteiger partial charge on any atom is -0.468 e. The number of nitrogens with zero attached hydrogens (tertiary/aromatic N) is 1. The van der Waals surface area contributed by atoms with Crippen molar-refractivity contribution in [1.29, 1.82) is 0 Å². The van der Waals surface area contributed by atoms with E-state index in [-0.39, 0.29) is 18.4 Å². The molecule has 0 fully saturated rings. The van der Waals surface area contributed by atoms with E-state index in [4.69, 9.17) is 0 Å². The van der Waals surface area contributed by atoms with E-state index >= 15 is 0 Å². The van der Waals surface area contributed by atoms with Crippen LogP contribution in [-0.4, -0.2) is 55.4 Å². The molecule has 0 saturated carbocycles. The maximum atomic E-state index is 11.5. The van der Waals surface area contributed by atoms with E-state index in [0.717, 1.165) is 0 Å². The molecule has 0 aliphatic rings. The monoisotopic (exact) mass is 308 g/mol. The van der Waals surface area contributed by atoms with E-state index in [1.165, 1.54) is 7.11 Å². The fourth-order valence-electron chi connectivity index (χ4n) is 1.16. The van der Waals surface area contributed by atoms with Gasteiger partial charge in [0.05, 0.1) is 13.7 Å². The summed E-state index contributed by atoms with van der Waals surface area (Å²) < 4.78 is 4.58. The molecular formula is C11H21BrN2O3. The predicted molar refractivity (Wildman–Crippen MR) is 70.1 cm³/mol. The van der Waals surface area contributed by atoms with E-state index in [0.29, 0.717) is 19.0 Å². The van der Waals surface area contributed by atoms with Gasteiger partial charge in [-0.15, -0.1) is 0 Å². The molecule has 0 aliphatic heterocycles. The van der Waals surface area contributed by atoms with E-state index in [9.17, 15) is 9.59 Å². The van der Waals surface area contributed by atoms with Gasteiger partial charge in [0, 0.05) is 13.1 Å². The molecule has 0 bridgehead atoms. The molecule has 0 radical (unpaired) electrons. The van der Waals surface area contributed by atoms with Gasteiger partial charge in [-0.25, -0.2) is 0 Å². The van der Waals surface area contributed by atoms with Gasteiger partial charge in [-0.3, -0.25) is 14.5 Å². The topological polar surface area (TPSA) is 58.6 Å². The molecule has 0 spiro atoms. The van der Waals surface area contributed by atoms with Crippen molar-refractivity contribution in [3.63, 3.8) is 0 Å². The lowest BCUT2D eigenvalue weighted by Gasteiger charge is -2.18. The number of likely N-dealkylation sites (N-methyl/N-ethyl adjacent to an activating group) is 1. The first-order valence-corrected chi connectivity index (χ1v) is 6.45. The molecule has 1 amide bonds. The van der Waals surface area contributed by atoms with E-state index < -0.39 is 4.83 Å². The summed E-state index contributed by atoms with van der Waals surface area (Å²) in [7, 11) is 3.12. The SMILES string of the molecule is COC(=O)C(Br)CN(C)CC(=O)NCC(C)C. The summed E-state index contributed by atoms with van der Waals surface area (Å²) in [6, 6.07) is 0. The van der Waals surface area contributed by atoms with Crippen molar-refractivity contribution in [3.8, 4) is 0 Å². The number of alkyl halides is 1. The molecule has 0 aromatic rings. The van der Waals surface area contributed by atoms with Gasteiger partial charge in [0.1, 0.15) is 4.83 Å². The molecule has 0 saturated heterocycles. The average Bonchev–Trinajstić information content (AvgIpc) is 2.24. The van der Waals surface area contributed by atoms with Crippen LogP contribution in [0.25, 0.3) is 0 Å². The molecule has 100 valence electrons. The Morgan fingerprint density at radius 1 is 1.41 bits per heavy atom. The van der Waals surface area contributed by atoms with Crippen molar-refractivity contribution in [3.05, 3.63) is 0 Å². The molecule has 6 heteroatoms. The van der Waals surface area contributed by atoms with Crippen molar-refractivity contribution in [2.75, 3.05) is 33.8 Å². The standard InChI is InChI=1S/C11H21BrN2O3/c1-8(2)5-13-10(15)7-14(3)6-9(12)11(16)17-4/h8-9H,5-7H2,1-4H3,(H,13,15). The number of nitrogens with one attached hydrogen (secondary N) is 1. The zero-order valence-corrected chi connectivity index (χ0v) is 12.4. The van der Waals surface area contributed by atoms with Crippen molar-refractivity contribution in [1.82, 2.24) is 10.2 Å². The van der Waals surface area contributed by atoms with Gasteiger partial charge in [0.15, 0.2) is 0 Å². The van der Waals surface area contributed by atoms with Gasteiger partial charge in [-0.2, -0.15) is 0 Å². The summed E-state index contributed by atoms with van der Waals surface area (Å²) in [5, 5.41) is 2.82. The van der Waals surface area contributed by atoms with Gasteiger partial charge in [-0.05, 0) is 13.0 Å². The van der Waals surface area contributed by atoms with Crippen LogP contribution < -0.4 is 5.32 Å². The number of carbonyl (C=O) groups is 2. The number of rotatable bonds is 7. The summed E-state index contributed by atoms with van der Waals surface area (Å²) in [4.78, 5) is 24.0. The fourth-order valence-corrected chi connectivity index (χ4v) is 1.84. The maximum absolute atomic E-state index is 11.5. The van der Waals surface area contributed by atoms with Crippen LogP contribution in [0.1, 0.15) is 13.8 Å². The second kappa shape index (κ2) is 8.47. The van der Waals surface area contributed by atoms with Crippen molar-refractivity contribution < 1.29 is 14.3 Å². The molecule has 0 heterocycles. The molecule has 5 nitrogen and oxygen atoms in total. The third-order valence-electron chi connectivity index (χ3n) is 2.05. The first-order valence-electron chi connectivity index (χ1n) is 5.54. The first-order chi connectivity index (χ1) is 7.86. The Hall–Kier alpha value is -0.620. The predicted octanol–water partition coefficient (Wildman–Crippen LogP) is 0.627. The lowest BCUT2D eigenvalue weighted by molar-refractivity contribution is -0.140. The van der Waals surface area contributed by atoms with Crippen molar-refractivity contribution in [2.24, 2.45) is 5.92 Å². The highest BCUT2D eigenvalue weighted by Gasteiger charge is 2.18. The number of hydrogen-bond donors (Lipinski definition) is 1. The number of esters is 1. The van der Waals surface area contributed by atoms with E-state index in [2.05, 4.69) is 26.0 Å². The third-order valence-corrected chi connectivity index (χ3v) is 2.71. The molecule has 17 heavy (non-hydrogen) atoms. The van der Waals surface area contributed by atoms with Crippen LogP contribution >= 0.6 is 15.9 Å². The molecule has 1 N–H and O–H groups in total. The Morgan fingerprint density at radius 3 is 2.47 bits per heavy atom. The fraction of sp³-hybridized carbons (Fsp3) is 0.818. The van der Waals surface area contributed by atoms with Crippen LogP contribution in [0, 0.1) is 5.92 Å². The number of hydrogen-bond acceptors (Lipinski definition) is 4. The van der Waals surface area contributed by atoms with Gasteiger partial charge in [-0.1, -0.05) is 29.8 Å². The minimum atomic E-state index is -0.407. The first kappa shape index (κ1) is 16.4. The Labute approximate surface area is 111 Å². The number of amides is 1. The average molecular weight is 309 g/mol. The van der Waals surface area contributed by atoms with Crippen LogP contribution in [0.5, 0.6) is 0 Å². The Bertz CT molecular complexity index is 259. The molecule has 0 rings (SSSR count). The second-order valence-corrected chi connectivity index (χ2v) is 5.49. The molecule has 0 aliphatic carbocycles. The second-order valence-electron chi connectivity index (χ2n) is 4.39. The number of carbonyl (C=O) groups excluding carboxylic acids is 2. The zero-order valence-electron chi connectivity index (χ0n) is 10.8. The lowest BCUT2D eigenvalue weighted by Crippen LogP contribution is -2.40. The van der Waals surface area contributed by atoms with Crippen LogP contribution in [0.15, 0.2) is 0 Å². The Morgan fingerprint density at radius 2 is 2.00 bits per heavy atom. The summed E-state index contributed by atoms with van der Waals surface area (Å²) in [6.07, 6.45) is 0. The molecule has 0 aromatic carbocycles. The quantitative estimate of drug-likeness (QED) is 0.553. The minimum absolute atomic E-state index is 0.0363.